The van der Waals surface area contributed by atoms with Gasteiger partial charge >= 0.3 is 0 Å². The van der Waals surface area contributed by atoms with E-state index in [0.29, 0.717) is 0 Å². The summed E-state index contributed by atoms with van der Waals surface area (Å²) in [5.41, 5.74) is 0.969. The van der Waals surface area contributed by atoms with Crippen LogP contribution in [0.5, 0.6) is 5.75 Å². The van der Waals surface area contributed by atoms with Crippen LogP contribution in [-0.2, 0) is 0 Å². The molecule has 0 N–H and O–H groups in total. The highest BCUT2D eigenvalue weighted by Gasteiger charge is 1.94. The van der Waals surface area contributed by atoms with Crippen LogP contribution >= 0.6 is 0 Å². The Bertz CT molecular complexity index is 398. The third kappa shape index (κ3) is 1.11. The normalized spacial score (nSPS) is 10.1. The first-order valence-corrected chi connectivity index (χ1v) is 3.79. The first-order valence-electron chi connectivity index (χ1n) is 3.79. The van der Waals surface area contributed by atoms with Gasteiger partial charge in [0.25, 0.3) is 0 Å². The van der Waals surface area contributed by atoms with Crippen molar-refractivity contribution in [1.29, 1.82) is 0 Å². The summed E-state index contributed by atoms with van der Waals surface area (Å²) in [5.74, 6) is 0.848. The molecule has 0 amide bonds. The monoisotopic (exact) mass is 159 g/mol. The zero-order valence-corrected chi connectivity index (χ0v) is 6.82. The molecular weight excluding hydrogens is 150 g/mol. The first kappa shape index (κ1) is 7.10. The molecule has 0 bridgehead atoms. The van der Waals surface area contributed by atoms with Crippen molar-refractivity contribution in [3.05, 3.63) is 36.5 Å². The number of pyridine rings is 1. The summed E-state index contributed by atoms with van der Waals surface area (Å²) < 4.78 is 5.08. The van der Waals surface area contributed by atoms with Crippen molar-refractivity contribution in [3.63, 3.8) is 0 Å². The Labute approximate surface area is 70.8 Å². The largest absolute Gasteiger partial charge is 0.497 e. The molecule has 0 radical (unpaired) electrons. The van der Waals surface area contributed by atoms with Crippen molar-refractivity contribution >= 4 is 10.9 Å². The molecule has 0 aliphatic rings. The van der Waals surface area contributed by atoms with E-state index in [4.69, 9.17) is 4.74 Å². The van der Waals surface area contributed by atoms with E-state index < -0.39 is 0 Å². The van der Waals surface area contributed by atoms with Gasteiger partial charge in [0.05, 0.1) is 12.6 Å². The van der Waals surface area contributed by atoms with Crippen LogP contribution < -0.4 is 4.74 Å². The second-order valence-corrected chi connectivity index (χ2v) is 2.56. The molecule has 2 rings (SSSR count). The van der Waals surface area contributed by atoms with Crippen LogP contribution in [0.3, 0.4) is 0 Å². The fraction of sp³-hybridized carbons (Fsp3) is 0.100. The van der Waals surface area contributed by atoms with Gasteiger partial charge in [-0.25, -0.2) is 0 Å². The second kappa shape index (κ2) is 2.81. The lowest BCUT2D eigenvalue weighted by molar-refractivity contribution is 0.415. The molecule has 60 valence electrons. The van der Waals surface area contributed by atoms with Gasteiger partial charge in [0.15, 0.2) is 0 Å². The van der Waals surface area contributed by atoms with Crippen molar-refractivity contribution in [2.45, 2.75) is 0 Å². The fourth-order valence-electron chi connectivity index (χ4n) is 1.17. The van der Waals surface area contributed by atoms with Crippen LogP contribution in [-0.4, -0.2) is 12.1 Å². The lowest BCUT2D eigenvalue weighted by atomic mass is 10.2. The molecule has 0 spiro atoms. The van der Waals surface area contributed by atoms with Crippen LogP contribution in [0.4, 0.5) is 0 Å². The number of hydrogen-bond acceptors (Lipinski definition) is 2. The third-order valence-corrected chi connectivity index (χ3v) is 1.81. The van der Waals surface area contributed by atoms with E-state index in [-0.39, 0.29) is 0 Å². The molecule has 0 saturated heterocycles. The van der Waals surface area contributed by atoms with E-state index in [2.05, 4.69) is 4.98 Å². The van der Waals surface area contributed by atoms with Crippen molar-refractivity contribution in [2.24, 2.45) is 0 Å². The topological polar surface area (TPSA) is 22.1 Å². The quantitative estimate of drug-likeness (QED) is 0.636. The van der Waals surface area contributed by atoms with Gasteiger partial charge in [-0.1, -0.05) is 6.07 Å². The van der Waals surface area contributed by atoms with Gasteiger partial charge in [-0.05, 0) is 18.2 Å². The van der Waals surface area contributed by atoms with Gasteiger partial charge in [-0.3, -0.25) is 4.98 Å². The summed E-state index contributed by atoms with van der Waals surface area (Å²) in [7, 11) is 1.66. The number of ether oxygens (including phenoxy) is 1. The first-order chi connectivity index (χ1) is 5.90. The standard InChI is InChI=1S/C10H9NO/c1-12-9-5-4-8-3-2-6-11-10(8)7-9/h2-7H,1H3. The molecule has 12 heavy (non-hydrogen) atoms. The summed E-state index contributed by atoms with van der Waals surface area (Å²) in [6.45, 7) is 0. The average Bonchev–Trinajstić information content (AvgIpc) is 2.17. The van der Waals surface area contributed by atoms with Gasteiger partial charge in [0, 0.05) is 17.6 Å². The molecule has 0 saturated carbocycles. The predicted octanol–water partition coefficient (Wildman–Crippen LogP) is 2.24. The Balaban J connectivity index is 2.67. The summed E-state index contributed by atoms with van der Waals surface area (Å²) in [6.07, 6.45) is 1.78. The molecule has 2 heteroatoms. The van der Waals surface area contributed by atoms with Gasteiger partial charge in [0.2, 0.25) is 0 Å². The van der Waals surface area contributed by atoms with Gasteiger partial charge in [-0.15, -0.1) is 0 Å². The number of methoxy groups -OCH3 is 1. The summed E-state index contributed by atoms with van der Waals surface area (Å²) in [6, 6.07) is 9.82. The van der Waals surface area contributed by atoms with E-state index in [1.165, 1.54) is 0 Å². The minimum atomic E-state index is 0.848. The fourth-order valence-corrected chi connectivity index (χ4v) is 1.17. The van der Waals surface area contributed by atoms with E-state index in [0.717, 1.165) is 16.7 Å². The highest BCUT2D eigenvalue weighted by atomic mass is 16.5. The molecule has 0 atom stereocenters. The Morgan fingerprint density at radius 2 is 2.17 bits per heavy atom. The number of aromatic nitrogens is 1. The van der Waals surface area contributed by atoms with Crippen molar-refractivity contribution in [3.8, 4) is 5.75 Å². The van der Waals surface area contributed by atoms with Crippen LogP contribution in [0.25, 0.3) is 10.9 Å². The van der Waals surface area contributed by atoms with Gasteiger partial charge in [-0.2, -0.15) is 0 Å². The minimum Gasteiger partial charge on any atom is -0.497 e. The maximum absolute atomic E-state index is 5.08. The number of benzene rings is 1. The molecule has 0 fully saturated rings. The molecular formula is C10H9NO. The van der Waals surface area contributed by atoms with E-state index >= 15 is 0 Å². The van der Waals surface area contributed by atoms with E-state index in [1.807, 2.05) is 30.3 Å². The Morgan fingerprint density at radius 1 is 1.25 bits per heavy atom. The summed E-state index contributed by atoms with van der Waals surface area (Å²) in [4.78, 5) is 4.21. The SMILES string of the molecule is COc1ccc2cccnc2c1. The van der Waals surface area contributed by atoms with Gasteiger partial charge in [0.1, 0.15) is 5.75 Å². The van der Waals surface area contributed by atoms with Crippen molar-refractivity contribution in [1.82, 2.24) is 4.98 Å². The Kier molecular flexibility index (Phi) is 1.67. The smallest absolute Gasteiger partial charge is 0.121 e. The highest BCUT2D eigenvalue weighted by Crippen LogP contribution is 2.17. The van der Waals surface area contributed by atoms with Crippen molar-refractivity contribution < 1.29 is 4.74 Å². The molecule has 2 aromatic rings. The maximum atomic E-state index is 5.08. The zero-order chi connectivity index (χ0) is 8.39. The molecule has 1 aromatic heterocycles. The second-order valence-electron chi connectivity index (χ2n) is 2.56. The Hall–Kier alpha value is -1.57. The number of rotatable bonds is 1. The third-order valence-electron chi connectivity index (χ3n) is 1.81. The maximum Gasteiger partial charge on any atom is 0.121 e. The minimum absolute atomic E-state index is 0.848. The molecule has 0 unspecified atom stereocenters. The predicted molar refractivity (Wildman–Crippen MR) is 48.3 cm³/mol. The van der Waals surface area contributed by atoms with E-state index in [1.54, 1.807) is 13.3 Å². The number of fused-ring (bicyclic) bond motifs is 1. The number of nitrogens with zero attached hydrogens (tertiary/aromatic N) is 1. The molecule has 1 heterocycles. The summed E-state index contributed by atoms with van der Waals surface area (Å²) >= 11 is 0. The Morgan fingerprint density at radius 3 is 3.00 bits per heavy atom. The van der Waals surface area contributed by atoms with Crippen LogP contribution in [0, 0.1) is 0 Å². The van der Waals surface area contributed by atoms with E-state index in [9.17, 15) is 0 Å². The lowest BCUT2D eigenvalue weighted by Crippen LogP contribution is -1.83. The van der Waals surface area contributed by atoms with Crippen LogP contribution in [0.15, 0.2) is 36.5 Å². The average molecular weight is 159 g/mol. The van der Waals surface area contributed by atoms with Crippen LogP contribution in [0.1, 0.15) is 0 Å². The molecule has 1 aromatic carbocycles. The zero-order valence-electron chi connectivity index (χ0n) is 6.82. The molecule has 2 nitrogen and oxygen atoms in total. The lowest BCUT2D eigenvalue weighted by Gasteiger charge is -2.00. The van der Waals surface area contributed by atoms with Crippen LogP contribution in [0.2, 0.25) is 0 Å². The highest BCUT2D eigenvalue weighted by molar-refractivity contribution is 5.79. The number of hydrogen-bond donors (Lipinski definition) is 0. The van der Waals surface area contributed by atoms with Crippen molar-refractivity contribution in [2.75, 3.05) is 7.11 Å². The summed E-state index contributed by atoms with van der Waals surface area (Å²) in [5, 5.41) is 1.14. The molecule has 0 aliphatic heterocycles. The molecule has 0 aliphatic carbocycles. The van der Waals surface area contributed by atoms with Gasteiger partial charge < -0.3 is 4.74 Å².